The first-order valence-corrected chi connectivity index (χ1v) is 22.3. The van der Waals surface area contributed by atoms with E-state index in [1.807, 2.05) is 0 Å². The first kappa shape index (κ1) is 25.0. The van der Waals surface area contributed by atoms with Crippen LogP contribution >= 0.6 is 0 Å². The molecule has 4 nitrogen and oxygen atoms in total. The van der Waals surface area contributed by atoms with E-state index < -0.39 is 18.4 Å². The molecule has 0 spiro atoms. The fraction of sp³-hybridized carbons (Fsp3) is 0.864. The van der Waals surface area contributed by atoms with E-state index in [1.165, 1.54) is 68.5 Å². The predicted molar refractivity (Wildman–Crippen MR) is 126 cm³/mol. The molecule has 0 saturated carbocycles. The van der Waals surface area contributed by atoms with Crippen LogP contribution in [0, 0.1) is 0 Å². The van der Waals surface area contributed by atoms with Crippen molar-refractivity contribution in [3.63, 3.8) is 0 Å². The third-order valence-electron chi connectivity index (χ3n) is 6.32. The predicted octanol–water partition coefficient (Wildman–Crippen LogP) is 3.47. The molecule has 1 aromatic rings. The SMILES string of the molecule is CCC[CH2][Sn]([CH2]CCC)([CH2]CCC)[c]1cn(CCOC2CCCCO2)[c]([SnH3])n1. The van der Waals surface area contributed by atoms with Gasteiger partial charge in [0.15, 0.2) is 0 Å². The van der Waals surface area contributed by atoms with Gasteiger partial charge in [-0.05, 0) is 0 Å². The standard InChI is InChI=1S/C10H14N2O2.3C4H9.2Sn.3H/c1-2-7-13-10(3-1)14-8-6-12-5-4-11-9-12;3*1-3-4-2;;;;;/h5,10H,1-3,6-8H2;3*1,3-4H2,2H3;;;;;. The van der Waals surface area contributed by atoms with Crippen LogP contribution in [0.2, 0.25) is 13.3 Å². The van der Waals surface area contributed by atoms with Crippen molar-refractivity contribution in [2.75, 3.05) is 13.2 Å². The Labute approximate surface area is 190 Å². The van der Waals surface area contributed by atoms with Crippen LogP contribution < -0.4 is 7.55 Å². The zero-order valence-electron chi connectivity index (χ0n) is 19.0. The summed E-state index contributed by atoms with van der Waals surface area (Å²) in [7, 11) is 0. The Kier molecular flexibility index (Phi) is 12.4. The van der Waals surface area contributed by atoms with E-state index in [1.54, 1.807) is 3.71 Å². The molecular weight excluding hydrogens is 562 g/mol. The van der Waals surface area contributed by atoms with E-state index in [9.17, 15) is 0 Å². The Morgan fingerprint density at radius 3 is 2.29 bits per heavy atom. The van der Waals surface area contributed by atoms with E-state index in [2.05, 4.69) is 31.5 Å². The van der Waals surface area contributed by atoms with Crippen LogP contribution in [-0.2, 0) is 16.0 Å². The van der Waals surface area contributed by atoms with Gasteiger partial charge in [-0.2, -0.15) is 0 Å². The van der Waals surface area contributed by atoms with Crippen molar-refractivity contribution in [2.45, 2.75) is 105 Å². The van der Waals surface area contributed by atoms with Crippen molar-refractivity contribution in [3.8, 4) is 0 Å². The molecule has 0 aliphatic carbocycles. The van der Waals surface area contributed by atoms with E-state index in [0.717, 1.165) is 26.2 Å². The number of imidazole rings is 1. The van der Waals surface area contributed by atoms with Gasteiger partial charge in [0.05, 0.1) is 0 Å². The molecule has 1 aromatic heterocycles. The first-order chi connectivity index (χ1) is 13.6. The minimum atomic E-state index is -2.39. The second kappa shape index (κ2) is 13.9. The summed E-state index contributed by atoms with van der Waals surface area (Å²) < 4.78 is 21.6. The van der Waals surface area contributed by atoms with Crippen molar-refractivity contribution < 1.29 is 9.47 Å². The van der Waals surface area contributed by atoms with Gasteiger partial charge >= 0.3 is 192 Å². The van der Waals surface area contributed by atoms with Crippen molar-refractivity contribution in [1.29, 1.82) is 0 Å². The molecule has 0 aromatic carbocycles. The summed E-state index contributed by atoms with van der Waals surface area (Å²) in [5, 5.41) is 0. The number of ether oxygens (including phenoxy) is 2. The summed E-state index contributed by atoms with van der Waals surface area (Å²) >= 11 is -1.96. The second-order valence-electron chi connectivity index (χ2n) is 8.62. The summed E-state index contributed by atoms with van der Waals surface area (Å²) in [6, 6.07) is 0. The Morgan fingerprint density at radius 2 is 1.75 bits per heavy atom. The van der Waals surface area contributed by atoms with Crippen molar-refractivity contribution in [1.82, 2.24) is 9.55 Å². The minimum absolute atomic E-state index is 0.0255. The number of rotatable bonds is 14. The number of hydrogen-bond donors (Lipinski definition) is 0. The van der Waals surface area contributed by atoms with E-state index in [4.69, 9.17) is 14.5 Å². The molecule has 2 rings (SSSR count). The molecule has 6 heteroatoms. The molecule has 2 heterocycles. The zero-order chi connectivity index (χ0) is 20.2. The molecule has 0 N–H and O–H groups in total. The maximum absolute atomic E-state index is 6.00. The first-order valence-electron chi connectivity index (χ1n) is 11.9. The van der Waals surface area contributed by atoms with Crippen LogP contribution in [0.25, 0.3) is 0 Å². The molecule has 0 bridgehead atoms. The van der Waals surface area contributed by atoms with Gasteiger partial charge in [-0.15, -0.1) is 0 Å². The van der Waals surface area contributed by atoms with E-state index in [0.29, 0.717) is 22.5 Å². The van der Waals surface area contributed by atoms with E-state index >= 15 is 0 Å². The average Bonchev–Trinajstić information content (AvgIpc) is 3.10. The summed E-state index contributed by atoms with van der Waals surface area (Å²) in [4.78, 5) is 5.27. The molecule has 0 radical (unpaired) electrons. The maximum atomic E-state index is 6.00. The van der Waals surface area contributed by atoms with E-state index in [-0.39, 0.29) is 6.29 Å². The van der Waals surface area contributed by atoms with Crippen LogP contribution in [0.4, 0.5) is 0 Å². The Hall–Kier alpha value is 0.727. The van der Waals surface area contributed by atoms with Gasteiger partial charge in [0, 0.05) is 0 Å². The number of aromatic nitrogens is 2. The second-order valence-corrected chi connectivity index (χ2v) is 24.2. The molecule has 162 valence electrons. The van der Waals surface area contributed by atoms with Gasteiger partial charge in [0.25, 0.3) is 0 Å². The normalized spacial score (nSPS) is 18.0. The third kappa shape index (κ3) is 7.77. The fourth-order valence-electron chi connectivity index (χ4n) is 4.42. The quantitative estimate of drug-likeness (QED) is 0.305. The Bertz CT molecular complexity index is 523. The monoisotopic (exact) mass is 608 g/mol. The summed E-state index contributed by atoms with van der Waals surface area (Å²) in [5.74, 6) is 0. The van der Waals surface area contributed by atoms with Gasteiger partial charge in [0.1, 0.15) is 0 Å². The molecule has 1 saturated heterocycles. The number of hydrogen-bond acceptors (Lipinski definition) is 3. The van der Waals surface area contributed by atoms with Gasteiger partial charge in [0.2, 0.25) is 0 Å². The molecule has 0 amide bonds. The number of nitrogens with zero attached hydrogens (tertiary/aromatic N) is 2. The topological polar surface area (TPSA) is 36.3 Å². The van der Waals surface area contributed by atoms with Crippen molar-refractivity contribution in [3.05, 3.63) is 6.20 Å². The van der Waals surface area contributed by atoms with Crippen LogP contribution in [0.3, 0.4) is 0 Å². The summed E-state index contributed by atoms with van der Waals surface area (Å²) in [5.41, 5.74) is 0. The van der Waals surface area contributed by atoms with Gasteiger partial charge < -0.3 is 0 Å². The Morgan fingerprint density at radius 1 is 1.11 bits per heavy atom. The zero-order valence-corrected chi connectivity index (χ0v) is 27.5. The molecule has 1 unspecified atom stereocenters. The van der Waals surface area contributed by atoms with Crippen LogP contribution in [0.15, 0.2) is 6.20 Å². The van der Waals surface area contributed by atoms with Crippen molar-refractivity contribution >= 4 is 48.5 Å². The average molecular weight is 606 g/mol. The molecule has 1 fully saturated rings. The number of unbranched alkanes of at least 4 members (excludes halogenated alkanes) is 3. The Balaban J connectivity index is 2.07. The van der Waals surface area contributed by atoms with Crippen LogP contribution in [0.5, 0.6) is 0 Å². The molecule has 1 aliphatic heterocycles. The molecule has 1 atom stereocenters. The fourth-order valence-corrected chi connectivity index (χ4v) is 23.5. The van der Waals surface area contributed by atoms with Crippen molar-refractivity contribution in [2.24, 2.45) is 0 Å². The third-order valence-corrected chi connectivity index (χ3v) is 23.6. The van der Waals surface area contributed by atoms with Crippen LogP contribution in [-0.4, -0.2) is 70.0 Å². The summed E-state index contributed by atoms with van der Waals surface area (Å²) in [6.45, 7) is 9.61. The van der Waals surface area contributed by atoms with Crippen LogP contribution in [0.1, 0.15) is 78.6 Å². The van der Waals surface area contributed by atoms with Gasteiger partial charge in [-0.3, -0.25) is 0 Å². The molecule has 28 heavy (non-hydrogen) atoms. The van der Waals surface area contributed by atoms with Gasteiger partial charge in [-0.1, -0.05) is 0 Å². The molecule has 1 aliphatic rings. The molecular formula is C22H44N2O2Sn2. The van der Waals surface area contributed by atoms with Gasteiger partial charge in [-0.25, -0.2) is 0 Å². The summed E-state index contributed by atoms with van der Waals surface area (Å²) in [6.07, 6.45) is 14.2.